The molecule has 0 saturated carbocycles. The summed E-state index contributed by atoms with van der Waals surface area (Å²) in [5, 5.41) is 23.4. The predicted molar refractivity (Wildman–Crippen MR) is 99.4 cm³/mol. The molecule has 0 unspecified atom stereocenters. The Bertz CT molecular complexity index is 1210. The summed E-state index contributed by atoms with van der Waals surface area (Å²) in [5.41, 5.74) is 2.68. The van der Waals surface area contributed by atoms with Gasteiger partial charge in [0.15, 0.2) is 0 Å². The van der Waals surface area contributed by atoms with Crippen molar-refractivity contribution in [2.75, 3.05) is 0 Å². The second-order valence-corrected chi connectivity index (χ2v) is 6.24. The third-order valence-corrected chi connectivity index (χ3v) is 4.79. The average molecular weight is 326 g/mol. The highest BCUT2D eigenvalue weighted by atomic mass is 16.5. The number of ether oxygens (including phenoxy) is 1. The van der Waals surface area contributed by atoms with Crippen LogP contribution in [-0.4, -0.2) is 10.2 Å². The number of fused-ring (bicyclic) bond motifs is 6. The Morgan fingerprint density at radius 1 is 0.800 bits per heavy atom. The first-order chi connectivity index (χ1) is 12.1. The normalized spacial score (nSPS) is 12.7. The van der Waals surface area contributed by atoms with Crippen LogP contribution in [0.4, 0.5) is 0 Å². The van der Waals surface area contributed by atoms with Crippen LogP contribution in [0.1, 0.15) is 11.1 Å². The van der Waals surface area contributed by atoms with Crippen molar-refractivity contribution in [2.45, 2.75) is 0 Å². The Labute approximate surface area is 144 Å². The number of phenols is 2. The van der Waals surface area contributed by atoms with Crippen LogP contribution in [-0.2, 0) is 0 Å². The first kappa shape index (κ1) is 13.9. The molecule has 120 valence electrons. The molecule has 3 nitrogen and oxygen atoms in total. The predicted octanol–water partition coefficient (Wildman–Crippen LogP) is 5.57. The summed E-state index contributed by atoms with van der Waals surface area (Å²) in [4.78, 5) is 0. The second kappa shape index (κ2) is 4.77. The molecular formula is C22H14O3. The molecule has 0 spiro atoms. The minimum absolute atomic E-state index is 0.226. The van der Waals surface area contributed by atoms with Gasteiger partial charge in [0, 0.05) is 21.9 Å². The number of benzene rings is 4. The van der Waals surface area contributed by atoms with E-state index in [-0.39, 0.29) is 11.5 Å². The zero-order valence-corrected chi connectivity index (χ0v) is 13.3. The smallest absolute Gasteiger partial charge is 0.143 e. The lowest BCUT2D eigenvalue weighted by Gasteiger charge is -2.25. The Balaban J connectivity index is 1.82. The zero-order valence-electron chi connectivity index (χ0n) is 13.3. The summed E-state index contributed by atoms with van der Waals surface area (Å²) < 4.78 is 6.22. The van der Waals surface area contributed by atoms with Crippen molar-refractivity contribution in [3.05, 3.63) is 78.4 Å². The Morgan fingerprint density at radius 3 is 2.52 bits per heavy atom. The molecular weight excluding hydrogens is 312 g/mol. The molecule has 0 bridgehead atoms. The van der Waals surface area contributed by atoms with E-state index in [4.69, 9.17) is 4.74 Å². The van der Waals surface area contributed by atoms with E-state index in [0.29, 0.717) is 0 Å². The highest BCUT2D eigenvalue weighted by Crippen LogP contribution is 2.49. The fourth-order valence-electron chi connectivity index (χ4n) is 3.60. The quantitative estimate of drug-likeness (QED) is 0.391. The molecule has 1 aliphatic rings. The summed E-state index contributed by atoms with van der Waals surface area (Å²) in [6.45, 7) is 4.29. The minimum Gasteiger partial charge on any atom is -0.508 e. The van der Waals surface area contributed by atoms with Crippen LogP contribution < -0.4 is 4.74 Å². The van der Waals surface area contributed by atoms with E-state index in [9.17, 15) is 10.2 Å². The average Bonchev–Trinajstić information content (AvgIpc) is 2.61. The van der Waals surface area contributed by atoms with E-state index in [0.717, 1.165) is 49.7 Å². The molecule has 2 N–H and O–H groups in total. The molecule has 1 heterocycles. The van der Waals surface area contributed by atoms with Gasteiger partial charge < -0.3 is 14.9 Å². The molecule has 0 saturated heterocycles. The van der Waals surface area contributed by atoms with Gasteiger partial charge in [-0.15, -0.1) is 0 Å². The molecule has 4 aromatic carbocycles. The maximum Gasteiger partial charge on any atom is 0.143 e. The number of hydrogen-bond donors (Lipinski definition) is 2. The van der Waals surface area contributed by atoms with Gasteiger partial charge >= 0.3 is 0 Å². The molecule has 0 aromatic heterocycles. The Hall–Kier alpha value is -3.46. The fourth-order valence-corrected chi connectivity index (χ4v) is 3.60. The van der Waals surface area contributed by atoms with Crippen LogP contribution in [0.15, 0.2) is 67.2 Å². The van der Waals surface area contributed by atoms with Crippen LogP contribution >= 0.6 is 0 Å². The van der Waals surface area contributed by atoms with Crippen molar-refractivity contribution >= 4 is 27.1 Å². The van der Waals surface area contributed by atoms with Gasteiger partial charge in [-0.25, -0.2) is 0 Å². The number of hydrogen-bond acceptors (Lipinski definition) is 3. The highest BCUT2D eigenvalue weighted by Gasteiger charge is 2.24. The number of phenolic OH excluding ortho intramolecular Hbond substituents is 2. The number of rotatable bonds is 0. The molecule has 0 radical (unpaired) electrons. The molecule has 4 aromatic rings. The second-order valence-electron chi connectivity index (χ2n) is 6.24. The Kier molecular flexibility index (Phi) is 2.66. The maximum absolute atomic E-state index is 10.1. The summed E-state index contributed by atoms with van der Waals surface area (Å²) in [6.07, 6.45) is 0. The monoisotopic (exact) mass is 326 g/mol. The fraction of sp³-hybridized carbons (Fsp3) is 0. The lowest BCUT2D eigenvalue weighted by Crippen LogP contribution is -2.03. The minimum atomic E-state index is 0.226. The van der Waals surface area contributed by atoms with Gasteiger partial charge in [-0.05, 0) is 58.8 Å². The topological polar surface area (TPSA) is 49.7 Å². The molecule has 25 heavy (non-hydrogen) atoms. The van der Waals surface area contributed by atoms with Gasteiger partial charge in [-0.2, -0.15) is 0 Å². The molecule has 5 rings (SSSR count). The van der Waals surface area contributed by atoms with Crippen LogP contribution in [0.3, 0.4) is 0 Å². The van der Waals surface area contributed by atoms with Crippen molar-refractivity contribution in [3.63, 3.8) is 0 Å². The van der Waals surface area contributed by atoms with Crippen molar-refractivity contribution in [1.29, 1.82) is 0 Å². The summed E-state index contributed by atoms with van der Waals surface area (Å²) in [7, 11) is 0. The van der Waals surface area contributed by atoms with Crippen LogP contribution in [0, 0.1) is 0 Å². The molecule has 1 aliphatic heterocycles. The molecule has 0 atom stereocenters. The molecule has 3 heteroatoms. The SMILES string of the molecule is C=C1c2ccc3cc(O)ccc3c2Oc2ccc3c(O)cccc3c21. The van der Waals surface area contributed by atoms with Gasteiger partial charge in [0.05, 0.1) is 0 Å². The lowest BCUT2D eigenvalue weighted by molar-refractivity contribution is 0.475. The third kappa shape index (κ3) is 1.86. The first-order valence-corrected chi connectivity index (χ1v) is 8.01. The van der Waals surface area contributed by atoms with Crippen molar-refractivity contribution in [1.82, 2.24) is 0 Å². The van der Waals surface area contributed by atoms with Gasteiger partial charge in [0.1, 0.15) is 23.0 Å². The van der Waals surface area contributed by atoms with Crippen LogP contribution in [0.5, 0.6) is 23.0 Å². The Morgan fingerprint density at radius 2 is 1.64 bits per heavy atom. The van der Waals surface area contributed by atoms with Crippen LogP contribution in [0.25, 0.3) is 27.1 Å². The number of aromatic hydroxyl groups is 2. The zero-order chi connectivity index (χ0) is 17.1. The van der Waals surface area contributed by atoms with E-state index in [1.807, 2.05) is 42.5 Å². The lowest BCUT2D eigenvalue weighted by atomic mass is 9.89. The van der Waals surface area contributed by atoms with E-state index in [2.05, 4.69) is 6.58 Å². The van der Waals surface area contributed by atoms with Crippen molar-refractivity contribution < 1.29 is 14.9 Å². The van der Waals surface area contributed by atoms with Gasteiger partial charge in [-0.3, -0.25) is 0 Å². The van der Waals surface area contributed by atoms with Gasteiger partial charge in [0.25, 0.3) is 0 Å². The standard InChI is InChI=1S/C22H14O3/c1-12-15-7-5-13-11-14(23)6-8-16(13)22(15)25-20-10-9-17-18(21(12)20)3-2-4-19(17)24/h2-11,23-24H,1H2. The molecule has 0 fully saturated rings. The van der Waals surface area contributed by atoms with E-state index >= 15 is 0 Å². The van der Waals surface area contributed by atoms with Gasteiger partial charge in [0.2, 0.25) is 0 Å². The summed E-state index contributed by atoms with van der Waals surface area (Å²) in [5.74, 6) is 1.93. The van der Waals surface area contributed by atoms with E-state index in [1.165, 1.54) is 0 Å². The van der Waals surface area contributed by atoms with Gasteiger partial charge in [-0.1, -0.05) is 24.8 Å². The van der Waals surface area contributed by atoms with E-state index in [1.54, 1.807) is 18.2 Å². The van der Waals surface area contributed by atoms with Crippen molar-refractivity contribution in [3.8, 4) is 23.0 Å². The van der Waals surface area contributed by atoms with E-state index < -0.39 is 0 Å². The largest absolute Gasteiger partial charge is 0.508 e. The highest BCUT2D eigenvalue weighted by molar-refractivity contribution is 6.06. The molecule has 0 amide bonds. The summed E-state index contributed by atoms with van der Waals surface area (Å²) in [6, 6.07) is 18.3. The third-order valence-electron chi connectivity index (χ3n) is 4.79. The molecule has 0 aliphatic carbocycles. The maximum atomic E-state index is 10.1. The van der Waals surface area contributed by atoms with Crippen LogP contribution in [0.2, 0.25) is 0 Å². The first-order valence-electron chi connectivity index (χ1n) is 8.01. The van der Waals surface area contributed by atoms with Crippen molar-refractivity contribution in [2.24, 2.45) is 0 Å². The summed E-state index contributed by atoms with van der Waals surface area (Å²) >= 11 is 0.